The number of hydrogen-bond acceptors (Lipinski definition) is 7. The van der Waals surface area contributed by atoms with Crippen LogP contribution in [0, 0.1) is 5.82 Å². The SMILES string of the molecule is CC(C)OC(=O)c1ccc(C(=O)NS(=O)(=O)c2ccc(C(=O)NCCc3ccc(F)cc3)cc2)cn1. The molecular formula is C25H24FN3O6S. The van der Waals surface area contributed by atoms with E-state index < -0.39 is 27.8 Å². The van der Waals surface area contributed by atoms with Gasteiger partial charge in [-0.15, -0.1) is 0 Å². The maximum Gasteiger partial charge on any atom is 0.357 e. The molecular weight excluding hydrogens is 489 g/mol. The minimum absolute atomic E-state index is 0.0189. The van der Waals surface area contributed by atoms with Crippen LogP contribution in [0.4, 0.5) is 4.39 Å². The number of amides is 2. The van der Waals surface area contributed by atoms with Crippen molar-refractivity contribution in [3.63, 3.8) is 0 Å². The molecule has 0 saturated carbocycles. The molecule has 0 spiro atoms. The molecule has 0 saturated heterocycles. The molecule has 36 heavy (non-hydrogen) atoms. The highest BCUT2D eigenvalue weighted by atomic mass is 32.2. The van der Waals surface area contributed by atoms with Crippen LogP contribution in [0.1, 0.15) is 50.6 Å². The van der Waals surface area contributed by atoms with Crippen LogP contribution in [0.25, 0.3) is 0 Å². The first-order valence-electron chi connectivity index (χ1n) is 10.9. The molecule has 1 heterocycles. The molecule has 0 unspecified atom stereocenters. The second kappa shape index (κ2) is 11.5. The number of rotatable bonds is 9. The van der Waals surface area contributed by atoms with E-state index in [0.717, 1.165) is 11.8 Å². The number of nitrogens with zero attached hydrogens (tertiary/aromatic N) is 1. The van der Waals surface area contributed by atoms with Crippen LogP contribution in [0.2, 0.25) is 0 Å². The van der Waals surface area contributed by atoms with Gasteiger partial charge in [0.15, 0.2) is 0 Å². The van der Waals surface area contributed by atoms with Gasteiger partial charge in [-0.05, 0) is 74.4 Å². The number of benzene rings is 2. The Bertz CT molecular complexity index is 1340. The summed E-state index contributed by atoms with van der Waals surface area (Å²) in [6, 6.07) is 13.5. The Labute approximate surface area is 207 Å². The third-order valence-electron chi connectivity index (χ3n) is 4.84. The molecule has 2 N–H and O–H groups in total. The summed E-state index contributed by atoms with van der Waals surface area (Å²) in [6.45, 7) is 3.67. The van der Waals surface area contributed by atoms with Crippen LogP contribution in [-0.4, -0.2) is 43.8 Å². The smallest absolute Gasteiger partial charge is 0.357 e. The highest BCUT2D eigenvalue weighted by molar-refractivity contribution is 7.90. The monoisotopic (exact) mass is 513 g/mol. The van der Waals surface area contributed by atoms with Crippen LogP contribution >= 0.6 is 0 Å². The number of ether oxygens (including phenoxy) is 1. The number of esters is 1. The number of carbonyl (C=O) groups excluding carboxylic acids is 3. The highest BCUT2D eigenvalue weighted by Crippen LogP contribution is 2.12. The maximum absolute atomic E-state index is 13.0. The first kappa shape index (κ1) is 26.5. The van der Waals surface area contributed by atoms with Crippen molar-refractivity contribution in [2.24, 2.45) is 0 Å². The van der Waals surface area contributed by atoms with Gasteiger partial charge in [0.2, 0.25) is 0 Å². The van der Waals surface area contributed by atoms with Gasteiger partial charge in [0.05, 0.1) is 16.6 Å². The number of carbonyl (C=O) groups is 3. The highest BCUT2D eigenvalue weighted by Gasteiger charge is 2.20. The Morgan fingerprint density at radius 2 is 1.56 bits per heavy atom. The van der Waals surface area contributed by atoms with Crippen LogP contribution in [0.15, 0.2) is 71.8 Å². The van der Waals surface area contributed by atoms with Crippen molar-refractivity contribution in [3.8, 4) is 0 Å². The fraction of sp³-hybridized carbons (Fsp3) is 0.200. The summed E-state index contributed by atoms with van der Waals surface area (Å²) in [5, 5.41) is 2.70. The van der Waals surface area contributed by atoms with E-state index in [2.05, 4.69) is 10.3 Å². The summed E-state index contributed by atoms with van der Waals surface area (Å²) in [5.74, 6) is -2.35. The summed E-state index contributed by atoms with van der Waals surface area (Å²) in [4.78, 5) is 40.2. The van der Waals surface area contributed by atoms with Crippen molar-refractivity contribution in [1.29, 1.82) is 0 Å². The summed E-state index contributed by atoms with van der Waals surface area (Å²) in [5.41, 5.74) is 0.994. The first-order valence-corrected chi connectivity index (χ1v) is 12.4. The minimum atomic E-state index is -4.23. The van der Waals surface area contributed by atoms with E-state index >= 15 is 0 Å². The number of aromatic nitrogens is 1. The summed E-state index contributed by atoms with van der Waals surface area (Å²) in [6.07, 6.45) is 1.23. The van der Waals surface area contributed by atoms with Crippen LogP contribution < -0.4 is 10.0 Å². The third-order valence-corrected chi connectivity index (χ3v) is 6.19. The van der Waals surface area contributed by atoms with Gasteiger partial charge >= 0.3 is 5.97 Å². The van der Waals surface area contributed by atoms with Gasteiger partial charge < -0.3 is 10.1 Å². The number of nitrogens with one attached hydrogen (secondary N) is 2. The van der Waals surface area contributed by atoms with Crippen molar-refractivity contribution < 1.29 is 31.9 Å². The zero-order valence-electron chi connectivity index (χ0n) is 19.5. The molecule has 0 fully saturated rings. The van der Waals surface area contributed by atoms with Crippen molar-refractivity contribution >= 4 is 27.8 Å². The van der Waals surface area contributed by atoms with E-state index in [-0.39, 0.29) is 33.6 Å². The Kier molecular flexibility index (Phi) is 8.49. The number of sulfonamides is 1. The fourth-order valence-corrected chi connectivity index (χ4v) is 4.00. The number of halogens is 1. The molecule has 0 aliphatic carbocycles. The third kappa shape index (κ3) is 7.19. The van der Waals surface area contributed by atoms with E-state index in [9.17, 15) is 27.2 Å². The molecule has 0 aliphatic rings. The topological polar surface area (TPSA) is 132 Å². The Hall–Kier alpha value is -4.12. The van der Waals surface area contributed by atoms with Gasteiger partial charge in [-0.2, -0.15) is 0 Å². The molecule has 2 aromatic carbocycles. The lowest BCUT2D eigenvalue weighted by atomic mass is 10.1. The lowest BCUT2D eigenvalue weighted by molar-refractivity contribution is 0.0370. The maximum atomic E-state index is 13.0. The molecule has 2 amide bonds. The second-order valence-corrected chi connectivity index (χ2v) is 9.66. The van der Waals surface area contributed by atoms with Gasteiger partial charge in [0, 0.05) is 18.3 Å². The normalized spacial score (nSPS) is 11.1. The van der Waals surface area contributed by atoms with Gasteiger partial charge in [0.25, 0.3) is 21.8 Å². The molecule has 9 nitrogen and oxygen atoms in total. The van der Waals surface area contributed by atoms with Crippen molar-refractivity contribution in [3.05, 3.63) is 95.1 Å². The molecule has 0 aliphatic heterocycles. The standard InChI is InChI=1S/C25H24FN3O6S/c1-16(2)35-25(32)22-12-7-19(15-28-22)24(31)29-36(33,34)21-10-5-18(6-11-21)23(30)27-14-13-17-3-8-20(26)9-4-17/h3-12,15-16H,13-14H2,1-2H3,(H,27,30)(H,29,31). The van der Waals surface area contributed by atoms with Gasteiger partial charge in [-0.3, -0.25) is 9.59 Å². The van der Waals surface area contributed by atoms with E-state index in [4.69, 9.17) is 4.74 Å². The van der Waals surface area contributed by atoms with E-state index in [1.54, 1.807) is 26.0 Å². The molecule has 0 atom stereocenters. The average Bonchev–Trinajstić information content (AvgIpc) is 2.84. The molecule has 3 rings (SSSR count). The number of pyridine rings is 1. The number of hydrogen-bond donors (Lipinski definition) is 2. The van der Waals surface area contributed by atoms with Crippen LogP contribution in [0.5, 0.6) is 0 Å². The van der Waals surface area contributed by atoms with E-state index in [0.29, 0.717) is 13.0 Å². The summed E-state index contributed by atoms with van der Waals surface area (Å²) < 4.78 is 45.1. The quantitative estimate of drug-likeness (QED) is 0.421. The summed E-state index contributed by atoms with van der Waals surface area (Å²) >= 11 is 0. The van der Waals surface area contributed by atoms with Crippen molar-refractivity contribution in [1.82, 2.24) is 15.0 Å². The summed E-state index contributed by atoms with van der Waals surface area (Å²) in [7, 11) is -4.23. The van der Waals surface area contributed by atoms with Crippen LogP contribution in [-0.2, 0) is 21.2 Å². The zero-order valence-corrected chi connectivity index (χ0v) is 20.3. The molecule has 1 aromatic heterocycles. The average molecular weight is 514 g/mol. The Morgan fingerprint density at radius 3 is 2.14 bits per heavy atom. The Balaban J connectivity index is 1.57. The largest absolute Gasteiger partial charge is 0.458 e. The van der Waals surface area contributed by atoms with E-state index in [1.807, 2.05) is 4.72 Å². The molecule has 188 valence electrons. The Morgan fingerprint density at radius 1 is 0.917 bits per heavy atom. The van der Waals surface area contributed by atoms with Gasteiger partial charge in [-0.1, -0.05) is 12.1 Å². The second-order valence-electron chi connectivity index (χ2n) is 7.98. The van der Waals surface area contributed by atoms with Crippen molar-refractivity contribution in [2.45, 2.75) is 31.3 Å². The lowest BCUT2D eigenvalue weighted by Crippen LogP contribution is -2.31. The minimum Gasteiger partial charge on any atom is -0.458 e. The predicted molar refractivity (Wildman–Crippen MR) is 128 cm³/mol. The molecule has 11 heteroatoms. The molecule has 0 radical (unpaired) electrons. The lowest BCUT2D eigenvalue weighted by Gasteiger charge is -2.09. The van der Waals surface area contributed by atoms with Gasteiger partial charge in [-0.25, -0.2) is 27.3 Å². The van der Waals surface area contributed by atoms with E-state index in [1.165, 1.54) is 48.5 Å². The fourth-order valence-electron chi connectivity index (χ4n) is 3.02. The predicted octanol–water partition coefficient (Wildman–Crippen LogP) is 2.88. The molecule has 0 bridgehead atoms. The van der Waals surface area contributed by atoms with Gasteiger partial charge in [0.1, 0.15) is 11.5 Å². The first-order chi connectivity index (χ1) is 17.0. The van der Waals surface area contributed by atoms with Crippen molar-refractivity contribution in [2.75, 3.05) is 6.54 Å². The zero-order chi connectivity index (χ0) is 26.3. The molecule has 3 aromatic rings. The van der Waals surface area contributed by atoms with Crippen LogP contribution in [0.3, 0.4) is 0 Å².